The second kappa shape index (κ2) is 6.88. The largest absolute Gasteiger partial charge is 0.396 e. The van der Waals surface area contributed by atoms with Gasteiger partial charge in [-0.15, -0.1) is 11.3 Å². The van der Waals surface area contributed by atoms with Crippen molar-refractivity contribution in [1.82, 2.24) is 4.98 Å². The predicted molar refractivity (Wildman–Crippen MR) is 68.8 cm³/mol. The van der Waals surface area contributed by atoms with E-state index >= 15 is 0 Å². The van der Waals surface area contributed by atoms with Crippen LogP contribution in [0.1, 0.15) is 19.5 Å². The molecule has 2 N–H and O–H groups in total. The van der Waals surface area contributed by atoms with Crippen molar-refractivity contribution in [3.05, 3.63) is 11.1 Å². The minimum atomic E-state index is -0.0949. The highest BCUT2D eigenvalue weighted by molar-refractivity contribution is 7.98. The molecule has 1 amide bonds. The highest BCUT2D eigenvalue weighted by Crippen LogP contribution is 2.20. The lowest BCUT2D eigenvalue weighted by molar-refractivity contribution is -0.114. The number of amides is 1. The van der Waals surface area contributed by atoms with Gasteiger partial charge >= 0.3 is 0 Å². The van der Waals surface area contributed by atoms with Gasteiger partial charge in [0, 0.05) is 24.7 Å². The second-order valence-electron chi connectivity index (χ2n) is 3.63. The van der Waals surface area contributed by atoms with E-state index in [-0.39, 0.29) is 12.5 Å². The average Bonchev–Trinajstić information content (AvgIpc) is 2.64. The molecule has 1 aromatic rings. The van der Waals surface area contributed by atoms with Crippen LogP contribution >= 0.6 is 23.1 Å². The standard InChI is InChI=1S/C10H16N2O2S2/c1-7(3-13)4-15-5-9-6-16-10(12-9)11-8(2)14/h6-7,13H,3-5H2,1-2H3,(H,11,12,14). The van der Waals surface area contributed by atoms with Crippen LogP contribution in [0.4, 0.5) is 5.13 Å². The fraction of sp³-hybridized carbons (Fsp3) is 0.600. The summed E-state index contributed by atoms with van der Waals surface area (Å²) in [7, 11) is 0. The molecule has 1 aromatic heterocycles. The summed E-state index contributed by atoms with van der Waals surface area (Å²) in [5, 5.41) is 14.1. The summed E-state index contributed by atoms with van der Waals surface area (Å²) in [5.41, 5.74) is 0.976. The van der Waals surface area contributed by atoms with Crippen molar-refractivity contribution in [2.24, 2.45) is 5.92 Å². The smallest absolute Gasteiger partial charge is 0.223 e. The van der Waals surface area contributed by atoms with E-state index in [4.69, 9.17) is 5.11 Å². The van der Waals surface area contributed by atoms with Crippen molar-refractivity contribution in [3.63, 3.8) is 0 Å². The highest BCUT2D eigenvalue weighted by Gasteiger charge is 2.05. The Balaban J connectivity index is 2.32. The number of carbonyl (C=O) groups excluding carboxylic acids is 1. The van der Waals surface area contributed by atoms with Crippen LogP contribution in [0.25, 0.3) is 0 Å². The van der Waals surface area contributed by atoms with Gasteiger partial charge in [0.05, 0.1) is 5.69 Å². The molecule has 0 fully saturated rings. The van der Waals surface area contributed by atoms with E-state index in [2.05, 4.69) is 10.3 Å². The normalized spacial score (nSPS) is 12.4. The number of aromatic nitrogens is 1. The summed E-state index contributed by atoms with van der Waals surface area (Å²) in [6, 6.07) is 0. The van der Waals surface area contributed by atoms with Crippen molar-refractivity contribution in [2.45, 2.75) is 19.6 Å². The highest BCUT2D eigenvalue weighted by atomic mass is 32.2. The monoisotopic (exact) mass is 260 g/mol. The molecule has 6 heteroatoms. The Hall–Kier alpha value is -0.590. The molecule has 16 heavy (non-hydrogen) atoms. The Labute approximate surface area is 103 Å². The van der Waals surface area contributed by atoms with Crippen LogP contribution in [0.3, 0.4) is 0 Å². The maximum atomic E-state index is 10.8. The predicted octanol–water partition coefficient (Wildman–Crippen LogP) is 1.96. The van der Waals surface area contributed by atoms with Crippen molar-refractivity contribution in [1.29, 1.82) is 0 Å². The van der Waals surface area contributed by atoms with E-state index in [0.717, 1.165) is 17.2 Å². The Morgan fingerprint density at radius 3 is 3.12 bits per heavy atom. The zero-order valence-corrected chi connectivity index (χ0v) is 11.0. The zero-order valence-electron chi connectivity index (χ0n) is 9.40. The van der Waals surface area contributed by atoms with Crippen LogP contribution in [0.5, 0.6) is 0 Å². The third kappa shape index (κ3) is 4.96. The topological polar surface area (TPSA) is 62.2 Å². The zero-order chi connectivity index (χ0) is 12.0. The van der Waals surface area contributed by atoms with Crippen molar-refractivity contribution in [2.75, 3.05) is 17.7 Å². The molecule has 0 radical (unpaired) electrons. The molecule has 0 aliphatic carbocycles. The molecule has 0 saturated heterocycles. The Bertz CT molecular complexity index is 341. The molecular weight excluding hydrogens is 244 g/mol. The third-order valence-electron chi connectivity index (χ3n) is 1.80. The molecule has 4 nitrogen and oxygen atoms in total. The molecule has 0 aliphatic rings. The van der Waals surface area contributed by atoms with E-state index in [9.17, 15) is 4.79 Å². The van der Waals surface area contributed by atoms with Crippen molar-refractivity contribution >= 4 is 34.1 Å². The van der Waals surface area contributed by atoms with E-state index in [1.54, 1.807) is 11.8 Å². The van der Waals surface area contributed by atoms with Crippen molar-refractivity contribution in [3.8, 4) is 0 Å². The third-order valence-corrected chi connectivity index (χ3v) is 3.91. The summed E-state index contributed by atoms with van der Waals surface area (Å²) in [6.45, 7) is 3.71. The Kier molecular flexibility index (Phi) is 5.79. The molecule has 0 aromatic carbocycles. The SMILES string of the molecule is CC(=O)Nc1nc(CSCC(C)CO)cs1. The molecular formula is C10H16N2O2S2. The Morgan fingerprint density at radius 1 is 1.75 bits per heavy atom. The van der Waals surface area contributed by atoms with Gasteiger partial charge < -0.3 is 10.4 Å². The van der Waals surface area contributed by atoms with E-state index in [1.807, 2.05) is 12.3 Å². The van der Waals surface area contributed by atoms with Gasteiger partial charge in [0.15, 0.2) is 5.13 Å². The maximum Gasteiger partial charge on any atom is 0.223 e. The molecule has 90 valence electrons. The molecule has 1 atom stereocenters. The molecule has 1 unspecified atom stereocenters. The lowest BCUT2D eigenvalue weighted by atomic mass is 10.2. The van der Waals surface area contributed by atoms with Crippen LogP contribution < -0.4 is 5.32 Å². The van der Waals surface area contributed by atoms with Crippen LogP contribution in [0, 0.1) is 5.92 Å². The number of hydrogen-bond acceptors (Lipinski definition) is 5. The van der Waals surface area contributed by atoms with Crippen LogP contribution in [0.15, 0.2) is 5.38 Å². The van der Waals surface area contributed by atoms with E-state index in [0.29, 0.717) is 11.0 Å². The molecule has 1 rings (SSSR count). The van der Waals surface area contributed by atoms with E-state index in [1.165, 1.54) is 18.3 Å². The van der Waals surface area contributed by atoms with Crippen LogP contribution in [-0.2, 0) is 10.5 Å². The molecule has 0 saturated carbocycles. The van der Waals surface area contributed by atoms with Gasteiger partial charge in [0.25, 0.3) is 0 Å². The summed E-state index contributed by atoms with van der Waals surface area (Å²) in [6.07, 6.45) is 0. The number of thiazole rings is 1. The minimum Gasteiger partial charge on any atom is -0.396 e. The van der Waals surface area contributed by atoms with Gasteiger partial charge in [-0.1, -0.05) is 6.92 Å². The fourth-order valence-corrected chi connectivity index (χ4v) is 2.84. The summed E-state index contributed by atoms with van der Waals surface area (Å²) < 4.78 is 0. The first-order valence-corrected chi connectivity index (χ1v) is 7.06. The van der Waals surface area contributed by atoms with Gasteiger partial charge in [-0.2, -0.15) is 11.8 Å². The maximum absolute atomic E-state index is 10.8. The quantitative estimate of drug-likeness (QED) is 0.821. The molecule has 0 bridgehead atoms. The summed E-state index contributed by atoms with van der Waals surface area (Å²) in [4.78, 5) is 15.1. The number of aliphatic hydroxyl groups excluding tert-OH is 1. The first-order chi connectivity index (χ1) is 7.61. The van der Waals surface area contributed by atoms with Crippen LogP contribution in [0.2, 0.25) is 0 Å². The number of anilines is 1. The molecule has 0 aliphatic heterocycles. The lowest BCUT2D eigenvalue weighted by Crippen LogP contribution is -2.05. The Morgan fingerprint density at radius 2 is 2.50 bits per heavy atom. The van der Waals surface area contributed by atoms with Gasteiger partial charge in [-0.05, 0) is 11.7 Å². The summed E-state index contributed by atoms with van der Waals surface area (Å²) in [5.74, 6) is 1.96. The lowest BCUT2D eigenvalue weighted by Gasteiger charge is -2.05. The number of rotatable bonds is 6. The first-order valence-electron chi connectivity index (χ1n) is 5.02. The molecule has 0 spiro atoms. The number of thioether (sulfide) groups is 1. The summed E-state index contributed by atoms with van der Waals surface area (Å²) >= 11 is 3.18. The molecule has 1 heterocycles. The number of nitrogens with zero attached hydrogens (tertiary/aromatic N) is 1. The number of hydrogen-bond donors (Lipinski definition) is 2. The number of nitrogens with one attached hydrogen (secondary N) is 1. The van der Waals surface area contributed by atoms with Crippen molar-refractivity contribution < 1.29 is 9.90 Å². The number of aliphatic hydroxyl groups is 1. The fourth-order valence-electron chi connectivity index (χ4n) is 0.999. The van der Waals surface area contributed by atoms with Gasteiger partial charge in [0.1, 0.15) is 0 Å². The number of carbonyl (C=O) groups is 1. The second-order valence-corrected chi connectivity index (χ2v) is 5.52. The minimum absolute atomic E-state index is 0.0949. The first kappa shape index (κ1) is 13.5. The van der Waals surface area contributed by atoms with Gasteiger partial charge in [0.2, 0.25) is 5.91 Å². The van der Waals surface area contributed by atoms with E-state index < -0.39 is 0 Å². The van der Waals surface area contributed by atoms with Gasteiger partial charge in [-0.3, -0.25) is 4.79 Å². The average molecular weight is 260 g/mol. The van der Waals surface area contributed by atoms with Crippen LogP contribution in [-0.4, -0.2) is 28.4 Å². The van der Waals surface area contributed by atoms with Gasteiger partial charge in [-0.25, -0.2) is 4.98 Å².